The molecule has 3 rings (SSSR count). The molecule has 2 aromatic rings. The first-order valence-corrected chi connectivity index (χ1v) is 8.58. The van der Waals surface area contributed by atoms with Gasteiger partial charge in [-0.15, -0.1) is 11.3 Å². The van der Waals surface area contributed by atoms with Crippen LogP contribution in [0.2, 0.25) is 0 Å². The van der Waals surface area contributed by atoms with Crippen molar-refractivity contribution in [3.05, 3.63) is 35.3 Å². The van der Waals surface area contributed by atoms with Crippen molar-refractivity contribution in [2.45, 2.75) is 37.8 Å². The molecule has 0 saturated heterocycles. The lowest BCUT2D eigenvalue weighted by molar-refractivity contribution is 0.0720. The van der Waals surface area contributed by atoms with Crippen LogP contribution in [-0.4, -0.2) is 35.3 Å². The fourth-order valence-electron chi connectivity index (χ4n) is 2.77. The molecule has 1 aromatic carbocycles. The molecule has 0 aliphatic heterocycles. The second-order valence-electron chi connectivity index (χ2n) is 5.69. The van der Waals surface area contributed by atoms with Gasteiger partial charge < -0.3 is 15.2 Å². The fourth-order valence-corrected chi connectivity index (χ4v) is 3.59. The first-order valence-electron chi connectivity index (χ1n) is 7.76. The Kier molecular flexibility index (Phi) is 4.93. The summed E-state index contributed by atoms with van der Waals surface area (Å²) < 4.78 is 5.14. The number of rotatable bonds is 4. The zero-order valence-corrected chi connectivity index (χ0v) is 13.8. The summed E-state index contributed by atoms with van der Waals surface area (Å²) in [6.45, 7) is 0. The normalized spacial score (nSPS) is 21.0. The predicted octanol–water partition coefficient (Wildman–Crippen LogP) is 2.85. The lowest BCUT2D eigenvalue weighted by Crippen LogP contribution is -2.44. The molecular formula is C17H20N2O3S. The number of hydrogen-bond donors (Lipinski definition) is 2. The number of methoxy groups -OCH3 is 1. The highest BCUT2D eigenvalue weighted by Gasteiger charge is 2.25. The van der Waals surface area contributed by atoms with Gasteiger partial charge in [-0.05, 0) is 37.1 Å². The number of hydrogen-bond acceptors (Lipinski definition) is 5. The third-order valence-corrected chi connectivity index (χ3v) is 5.16. The number of ether oxygens (including phenoxy) is 1. The number of aliphatic hydroxyl groups is 1. The van der Waals surface area contributed by atoms with Crippen LogP contribution in [-0.2, 0) is 0 Å². The second kappa shape index (κ2) is 7.10. The van der Waals surface area contributed by atoms with Gasteiger partial charge in [0.1, 0.15) is 15.6 Å². The zero-order chi connectivity index (χ0) is 16.2. The van der Waals surface area contributed by atoms with Crippen molar-refractivity contribution in [3.8, 4) is 16.3 Å². The van der Waals surface area contributed by atoms with E-state index in [1.54, 1.807) is 13.3 Å². The highest BCUT2D eigenvalue weighted by molar-refractivity contribution is 7.16. The average Bonchev–Trinajstić information content (AvgIpc) is 3.07. The van der Waals surface area contributed by atoms with Crippen LogP contribution in [0.5, 0.6) is 5.75 Å². The molecule has 0 spiro atoms. The molecule has 1 amide bonds. The number of aromatic nitrogens is 1. The number of aliphatic hydroxyl groups excluding tert-OH is 1. The van der Waals surface area contributed by atoms with Crippen LogP contribution < -0.4 is 10.1 Å². The molecule has 0 radical (unpaired) electrons. The Morgan fingerprint density at radius 1 is 1.30 bits per heavy atom. The molecule has 1 aromatic heterocycles. The van der Waals surface area contributed by atoms with E-state index in [0.717, 1.165) is 42.0 Å². The van der Waals surface area contributed by atoms with E-state index < -0.39 is 6.10 Å². The SMILES string of the molecule is COc1ccc(-c2ncc(C(=O)NC3CCCCC3O)s2)cc1. The van der Waals surface area contributed by atoms with Crippen LogP contribution >= 0.6 is 11.3 Å². The van der Waals surface area contributed by atoms with Crippen LogP contribution in [0, 0.1) is 0 Å². The molecule has 2 N–H and O–H groups in total. The Labute approximate surface area is 139 Å². The Morgan fingerprint density at radius 2 is 2.04 bits per heavy atom. The summed E-state index contributed by atoms with van der Waals surface area (Å²) in [5.41, 5.74) is 0.951. The summed E-state index contributed by atoms with van der Waals surface area (Å²) >= 11 is 1.35. The molecular weight excluding hydrogens is 312 g/mol. The Balaban J connectivity index is 1.69. The number of thiazole rings is 1. The van der Waals surface area contributed by atoms with Crippen molar-refractivity contribution >= 4 is 17.2 Å². The Bertz CT molecular complexity index is 669. The van der Waals surface area contributed by atoms with Crippen molar-refractivity contribution < 1.29 is 14.6 Å². The Hall–Kier alpha value is -1.92. The first-order chi connectivity index (χ1) is 11.2. The quantitative estimate of drug-likeness (QED) is 0.903. The average molecular weight is 332 g/mol. The lowest BCUT2D eigenvalue weighted by Gasteiger charge is -2.28. The van der Waals surface area contributed by atoms with Crippen LogP contribution in [0.15, 0.2) is 30.5 Å². The van der Waals surface area contributed by atoms with Gasteiger partial charge in [0.2, 0.25) is 0 Å². The van der Waals surface area contributed by atoms with E-state index in [9.17, 15) is 9.90 Å². The fraction of sp³-hybridized carbons (Fsp3) is 0.412. The molecule has 1 saturated carbocycles. The number of carbonyl (C=O) groups excluding carboxylic acids is 1. The van der Waals surface area contributed by atoms with Gasteiger partial charge in [0.15, 0.2) is 0 Å². The maximum absolute atomic E-state index is 12.3. The summed E-state index contributed by atoms with van der Waals surface area (Å²) in [7, 11) is 1.63. The monoisotopic (exact) mass is 332 g/mol. The standard InChI is InChI=1S/C17H20N2O3S/c1-22-12-8-6-11(7-9-12)17-18-10-15(23-17)16(21)19-13-4-2-3-5-14(13)20/h6-10,13-14,20H,2-5H2,1H3,(H,19,21). The minimum atomic E-state index is -0.443. The summed E-state index contributed by atoms with van der Waals surface area (Å²) in [5.74, 6) is 0.628. The van der Waals surface area contributed by atoms with Gasteiger partial charge in [-0.3, -0.25) is 4.79 Å². The zero-order valence-electron chi connectivity index (χ0n) is 13.0. The predicted molar refractivity (Wildman–Crippen MR) is 89.8 cm³/mol. The van der Waals surface area contributed by atoms with E-state index >= 15 is 0 Å². The van der Waals surface area contributed by atoms with E-state index in [2.05, 4.69) is 10.3 Å². The molecule has 0 bridgehead atoms. The van der Waals surface area contributed by atoms with Gasteiger partial charge >= 0.3 is 0 Å². The van der Waals surface area contributed by atoms with Crippen molar-refractivity contribution in [3.63, 3.8) is 0 Å². The van der Waals surface area contributed by atoms with Gasteiger partial charge in [0, 0.05) is 5.56 Å². The number of carbonyl (C=O) groups is 1. The van der Waals surface area contributed by atoms with E-state index in [-0.39, 0.29) is 11.9 Å². The molecule has 2 unspecified atom stereocenters. The topological polar surface area (TPSA) is 71.5 Å². The van der Waals surface area contributed by atoms with Crippen molar-refractivity contribution in [1.29, 1.82) is 0 Å². The maximum atomic E-state index is 12.3. The minimum absolute atomic E-state index is 0.150. The third-order valence-electron chi connectivity index (χ3n) is 4.11. The van der Waals surface area contributed by atoms with Gasteiger partial charge in [-0.1, -0.05) is 12.8 Å². The van der Waals surface area contributed by atoms with E-state index in [4.69, 9.17) is 4.74 Å². The van der Waals surface area contributed by atoms with E-state index in [1.165, 1.54) is 11.3 Å². The van der Waals surface area contributed by atoms with Crippen LogP contribution in [0.3, 0.4) is 0 Å². The number of nitrogens with one attached hydrogen (secondary N) is 1. The maximum Gasteiger partial charge on any atom is 0.263 e. The largest absolute Gasteiger partial charge is 0.497 e. The van der Waals surface area contributed by atoms with Gasteiger partial charge in [-0.2, -0.15) is 0 Å². The second-order valence-corrected chi connectivity index (χ2v) is 6.72. The highest BCUT2D eigenvalue weighted by atomic mass is 32.1. The smallest absolute Gasteiger partial charge is 0.263 e. The van der Waals surface area contributed by atoms with Crippen LogP contribution in [0.4, 0.5) is 0 Å². The van der Waals surface area contributed by atoms with Gasteiger partial charge in [-0.25, -0.2) is 4.98 Å². The van der Waals surface area contributed by atoms with Crippen LogP contribution in [0.25, 0.3) is 10.6 Å². The van der Waals surface area contributed by atoms with Crippen molar-refractivity contribution in [2.24, 2.45) is 0 Å². The summed E-state index contributed by atoms with van der Waals surface area (Å²) in [4.78, 5) is 17.2. The molecule has 122 valence electrons. The summed E-state index contributed by atoms with van der Waals surface area (Å²) in [5, 5.41) is 13.7. The van der Waals surface area contributed by atoms with Crippen molar-refractivity contribution in [2.75, 3.05) is 7.11 Å². The minimum Gasteiger partial charge on any atom is -0.497 e. The van der Waals surface area contributed by atoms with Gasteiger partial charge in [0.25, 0.3) is 5.91 Å². The summed E-state index contributed by atoms with van der Waals surface area (Å²) in [6.07, 6.45) is 4.80. The first kappa shape index (κ1) is 16.0. The molecule has 2 atom stereocenters. The molecule has 23 heavy (non-hydrogen) atoms. The van der Waals surface area contributed by atoms with E-state index in [1.807, 2.05) is 24.3 Å². The molecule has 1 aliphatic carbocycles. The molecule has 1 heterocycles. The number of nitrogens with zero attached hydrogens (tertiary/aromatic N) is 1. The molecule has 1 aliphatic rings. The summed E-state index contributed by atoms with van der Waals surface area (Å²) in [6, 6.07) is 7.43. The highest BCUT2D eigenvalue weighted by Crippen LogP contribution is 2.27. The molecule has 1 fully saturated rings. The van der Waals surface area contributed by atoms with Crippen molar-refractivity contribution in [1.82, 2.24) is 10.3 Å². The lowest BCUT2D eigenvalue weighted by atomic mass is 9.92. The number of benzene rings is 1. The molecule has 5 nitrogen and oxygen atoms in total. The molecule has 6 heteroatoms. The third kappa shape index (κ3) is 3.71. The van der Waals surface area contributed by atoms with Crippen LogP contribution in [0.1, 0.15) is 35.4 Å². The van der Waals surface area contributed by atoms with E-state index in [0.29, 0.717) is 4.88 Å². The van der Waals surface area contributed by atoms with Gasteiger partial charge in [0.05, 0.1) is 25.5 Å². The number of amides is 1. The Morgan fingerprint density at radius 3 is 2.74 bits per heavy atom.